The van der Waals surface area contributed by atoms with Crippen molar-refractivity contribution in [1.29, 1.82) is 0 Å². The largest absolute Gasteiger partial charge is 0.492 e. The number of nitrogen functional groups attached to an aromatic ring is 1. The van der Waals surface area contributed by atoms with Crippen molar-refractivity contribution in [3.63, 3.8) is 0 Å². The Labute approximate surface area is 124 Å². The molecule has 0 spiro atoms. The molecule has 1 aliphatic heterocycles. The molecule has 20 heavy (non-hydrogen) atoms. The molecule has 0 aliphatic carbocycles. The Balaban J connectivity index is 2.33. The van der Waals surface area contributed by atoms with Gasteiger partial charge < -0.3 is 15.4 Å². The third-order valence-corrected chi connectivity index (χ3v) is 5.17. The summed E-state index contributed by atoms with van der Waals surface area (Å²) in [5.41, 5.74) is 6.63. The Morgan fingerprint density at radius 1 is 1.40 bits per heavy atom. The highest BCUT2D eigenvalue weighted by Gasteiger charge is 2.27. The van der Waals surface area contributed by atoms with Gasteiger partial charge in [0.15, 0.2) is 11.5 Å². The van der Waals surface area contributed by atoms with Crippen LogP contribution in [-0.4, -0.2) is 26.0 Å². The summed E-state index contributed by atoms with van der Waals surface area (Å²) in [6.07, 6.45) is 2.35. The van der Waals surface area contributed by atoms with Crippen LogP contribution >= 0.6 is 11.3 Å². The molecule has 0 radical (unpaired) electrons. The number of carbonyl (C=O) groups excluding carboxylic acids is 1. The highest BCUT2D eigenvalue weighted by atomic mass is 32.1. The van der Waals surface area contributed by atoms with Crippen LogP contribution in [0, 0.1) is 11.8 Å². The zero-order valence-electron chi connectivity index (χ0n) is 12.7. The predicted octanol–water partition coefficient (Wildman–Crippen LogP) is 3.41. The topological polar surface area (TPSA) is 55.6 Å². The van der Waals surface area contributed by atoms with Crippen LogP contribution in [0.3, 0.4) is 0 Å². The Kier molecular flexibility index (Phi) is 4.58. The van der Waals surface area contributed by atoms with Crippen molar-refractivity contribution in [2.75, 3.05) is 30.8 Å². The number of nitrogens with zero attached hydrogens (tertiary/aromatic N) is 1. The molecule has 2 N–H and O–H groups in total. The van der Waals surface area contributed by atoms with Gasteiger partial charge >= 0.3 is 0 Å². The van der Waals surface area contributed by atoms with Crippen LogP contribution in [-0.2, 0) is 0 Å². The van der Waals surface area contributed by atoms with E-state index in [0.717, 1.165) is 24.0 Å². The number of Topliss-reactive ketones (excluding diaryl/α,β-unsaturated/α-hetero) is 1. The molecule has 0 saturated carbocycles. The van der Waals surface area contributed by atoms with Gasteiger partial charge in [0.1, 0.15) is 5.00 Å². The molecular formula is C15H24N2O2S. The van der Waals surface area contributed by atoms with Gasteiger partial charge in [-0.2, -0.15) is 0 Å². The van der Waals surface area contributed by atoms with Gasteiger partial charge in [-0.1, -0.05) is 20.8 Å². The molecule has 0 aromatic carbocycles. The number of nitrogens with two attached hydrogens (primary N) is 1. The van der Waals surface area contributed by atoms with Gasteiger partial charge in [0.25, 0.3) is 0 Å². The van der Waals surface area contributed by atoms with Gasteiger partial charge in [0.05, 0.1) is 17.7 Å². The number of hydrogen-bond acceptors (Lipinski definition) is 5. The number of rotatable bonds is 4. The van der Waals surface area contributed by atoms with Crippen molar-refractivity contribution in [3.05, 3.63) is 4.88 Å². The molecule has 1 saturated heterocycles. The third-order valence-electron chi connectivity index (χ3n) is 3.91. The van der Waals surface area contributed by atoms with Crippen molar-refractivity contribution < 1.29 is 9.53 Å². The number of methoxy groups -OCH3 is 1. The molecule has 5 heteroatoms. The van der Waals surface area contributed by atoms with Crippen LogP contribution in [0.1, 0.15) is 43.3 Å². The van der Waals surface area contributed by atoms with Crippen LogP contribution in [0.5, 0.6) is 5.75 Å². The molecule has 2 heterocycles. The first-order chi connectivity index (χ1) is 9.45. The minimum Gasteiger partial charge on any atom is -0.492 e. The summed E-state index contributed by atoms with van der Waals surface area (Å²) in [6, 6.07) is 0. The van der Waals surface area contributed by atoms with Gasteiger partial charge in [0, 0.05) is 19.0 Å². The lowest BCUT2D eigenvalue weighted by atomic mass is 9.99. The SMILES string of the molecule is COc1c(N2CCC(C)CC2)sc(C(=O)C(C)C)c1N. The Hall–Kier alpha value is -1.23. The molecule has 1 aromatic rings. The summed E-state index contributed by atoms with van der Waals surface area (Å²) >= 11 is 1.48. The van der Waals surface area contributed by atoms with E-state index >= 15 is 0 Å². The van der Waals surface area contributed by atoms with Crippen LogP contribution in [0.15, 0.2) is 0 Å². The van der Waals surface area contributed by atoms with Crippen molar-refractivity contribution in [2.45, 2.75) is 33.6 Å². The minimum atomic E-state index is -0.0464. The fraction of sp³-hybridized carbons (Fsp3) is 0.667. The highest BCUT2D eigenvalue weighted by molar-refractivity contribution is 7.19. The van der Waals surface area contributed by atoms with E-state index in [2.05, 4.69) is 11.8 Å². The quantitative estimate of drug-likeness (QED) is 0.865. The van der Waals surface area contributed by atoms with E-state index in [9.17, 15) is 4.79 Å². The lowest BCUT2D eigenvalue weighted by Gasteiger charge is -2.31. The smallest absolute Gasteiger partial charge is 0.177 e. The fourth-order valence-electron chi connectivity index (χ4n) is 2.48. The average Bonchev–Trinajstić information content (AvgIpc) is 2.75. The number of carbonyl (C=O) groups is 1. The zero-order chi connectivity index (χ0) is 14.9. The Morgan fingerprint density at radius 2 is 2.00 bits per heavy atom. The van der Waals surface area contributed by atoms with E-state index < -0.39 is 0 Å². The molecule has 0 atom stereocenters. The van der Waals surface area contributed by atoms with Gasteiger partial charge in [-0.25, -0.2) is 0 Å². The average molecular weight is 296 g/mol. The fourth-order valence-corrected chi connectivity index (χ4v) is 3.81. The van der Waals surface area contributed by atoms with Crippen LogP contribution in [0.25, 0.3) is 0 Å². The number of thiophene rings is 1. The van der Waals surface area contributed by atoms with Crippen molar-refractivity contribution in [2.24, 2.45) is 11.8 Å². The number of ketones is 1. The minimum absolute atomic E-state index is 0.0464. The molecular weight excluding hydrogens is 272 g/mol. The number of anilines is 2. The summed E-state index contributed by atoms with van der Waals surface area (Å²) < 4.78 is 5.46. The summed E-state index contributed by atoms with van der Waals surface area (Å²) in [4.78, 5) is 15.2. The second-order valence-corrected chi connectivity index (χ2v) is 6.87. The molecule has 1 fully saturated rings. The monoisotopic (exact) mass is 296 g/mol. The first-order valence-corrected chi connectivity index (χ1v) is 8.02. The summed E-state index contributed by atoms with van der Waals surface area (Å²) in [7, 11) is 1.62. The summed E-state index contributed by atoms with van der Waals surface area (Å²) in [6.45, 7) is 8.09. The molecule has 0 unspecified atom stereocenters. The van der Waals surface area contributed by atoms with Gasteiger partial charge in [-0.05, 0) is 18.8 Å². The van der Waals surface area contributed by atoms with Gasteiger partial charge in [-0.3, -0.25) is 4.79 Å². The van der Waals surface area contributed by atoms with E-state index in [1.54, 1.807) is 7.11 Å². The number of ether oxygens (including phenoxy) is 1. The van der Waals surface area contributed by atoms with E-state index in [4.69, 9.17) is 10.5 Å². The molecule has 4 nitrogen and oxygen atoms in total. The maximum atomic E-state index is 12.2. The van der Waals surface area contributed by atoms with Crippen molar-refractivity contribution >= 4 is 27.8 Å². The molecule has 112 valence electrons. The van der Waals surface area contributed by atoms with E-state index in [0.29, 0.717) is 16.3 Å². The molecule has 1 aromatic heterocycles. The maximum Gasteiger partial charge on any atom is 0.177 e. The second kappa shape index (κ2) is 6.04. The molecule has 1 aliphatic rings. The molecule has 0 amide bonds. The first-order valence-electron chi connectivity index (χ1n) is 7.21. The lowest BCUT2D eigenvalue weighted by molar-refractivity contribution is 0.0944. The van der Waals surface area contributed by atoms with Crippen molar-refractivity contribution in [1.82, 2.24) is 0 Å². The molecule has 0 bridgehead atoms. The summed E-state index contributed by atoms with van der Waals surface area (Å²) in [5.74, 6) is 1.50. The first kappa shape index (κ1) is 15.2. The van der Waals surface area contributed by atoms with E-state index in [1.165, 1.54) is 24.2 Å². The lowest BCUT2D eigenvalue weighted by Crippen LogP contribution is -2.32. The molecule has 2 rings (SSSR count). The van der Waals surface area contributed by atoms with E-state index in [1.807, 2.05) is 13.8 Å². The van der Waals surface area contributed by atoms with Crippen LogP contribution in [0.4, 0.5) is 10.7 Å². The number of piperidine rings is 1. The summed E-state index contributed by atoms with van der Waals surface area (Å²) in [5, 5.41) is 1.01. The third kappa shape index (κ3) is 2.77. The second-order valence-electron chi connectivity index (χ2n) is 5.87. The maximum absolute atomic E-state index is 12.2. The Morgan fingerprint density at radius 3 is 2.50 bits per heavy atom. The zero-order valence-corrected chi connectivity index (χ0v) is 13.5. The van der Waals surface area contributed by atoms with Crippen LogP contribution < -0.4 is 15.4 Å². The normalized spacial score (nSPS) is 16.8. The van der Waals surface area contributed by atoms with Gasteiger partial charge in [0.2, 0.25) is 0 Å². The standard InChI is InChI=1S/C15H24N2O2S/c1-9(2)12(18)14-11(16)13(19-4)15(20-14)17-7-5-10(3)6-8-17/h9-10H,5-8,16H2,1-4H3. The van der Waals surface area contributed by atoms with Crippen LogP contribution in [0.2, 0.25) is 0 Å². The highest BCUT2D eigenvalue weighted by Crippen LogP contribution is 2.46. The van der Waals surface area contributed by atoms with Crippen molar-refractivity contribution in [3.8, 4) is 5.75 Å². The van der Waals surface area contributed by atoms with E-state index in [-0.39, 0.29) is 11.7 Å². The van der Waals surface area contributed by atoms with Gasteiger partial charge in [-0.15, -0.1) is 11.3 Å². The Bertz CT molecular complexity index is 488. The predicted molar refractivity (Wildman–Crippen MR) is 85.1 cm³/mol. The number of hydrogen-bond donors (Lipinski definition) is 1.